The number of hydrogen-bond donors (Lipinski definition) is 2. The smallest absolute Gasteiger partial charge is 0.401 e. The Balaban J connectivity index is 0.00000364. The summed E-state index contributed by atoms with van der Waals surface area (Å²) in [6.45, 7) is 4.40. The molecule has 0 amide bonds. The second-order valence-corrected chi connectivity index (χ2v) is 6.63. The number of rotatable bonds is 6. The first-order chi connectivity index (χ1) is 12.3. The molecule has 0 aromatic heterocycles. The Labute approximate surface area is 175 Å². The summed E-state index contributed by atoms with van der Waals surface area (Å²) in [6.07, 6.45) is -3.58. The number of para-hydroxylation sites is 1. The standard InChI is InChI=1S/C18H27F3N4O.HI/c1-13-6-4-5-7-16(13)26-14(2)10-23-17(22-3)24-15-8-9-25(11-15)12-18(19,20)21;/h4-7,14-15H,8-12H2,1-3H3,(H2,22,23,24);1H. The highest BCUT2D eigenvalue weighted by Crippen LogP contribution is 2.20. The maximum atomic E-state index is 12.5. The highest BCUT2D eigenvalue weighted by atomic mass is 127. The maximum absolute atomic E-state index is 12.5. The molecule has 5 nitrogen and oxygen atoms in total. The molecule has 1 aromatic rings. The van der Waals surface area contributed by atoms with Crippen LogP contribution in [0.15, 0.2) is 29.3 Å². The normalized spacial score (nSPS) is 19.3. The van der Waals surface area contributed by atoms with E-state index in [1.807, 2.05) is 38.1 Å². The summed E-state index contributed by atoms with van der Waals surface area (Å²) in [5, 5.41) is 6.36. The molecule has 1 fully saturated rings. The van der Waals surface area contributed by atoms with Crippen molar-refractivity contribution in [3.05, 3.63) is 29.8 Å². The van der Waals surface area contributed by atoms with Gasteiger partial charge in [0.2, 0.25) is 0 Å². The number of nitrogens with zero attached hydrogens (tertiary/aromatic N) is 2. The van der Waals surface area contributed by atoms with Crippen LogP contribution in [0.2, 0.25) is 0 Å². The fraction of sp³-hybridized carbons (Fsp3) is 0.611. The van der Waals surface area contributed by atoms with Gasteiger partial charge in [0.1, 0.15) is 11.9 Å². The van der Waals surface area contributed by atoms with Gasteiger partial charge in [-0.2, -0.15) is 13.2 Å². The van der Waals surface area contributed by atoms with E-state index in [9.17, 15) is 13.2 Å². The third-order valence-electron chi connectivity index (χ3n) is 4.22. The van der Waals surface area contributed by atoms with Crippen LogP contribution >= 0.6 is 24.0 Å². The molecule has 0 radical (unpaired) electrons. The van der Waals surface area contributed by atoms with Crippen LogP contribution in [0.1, 0.15) is 18.9 Å². The lowest BCUT2D eigenvalue weighted by atomic mass is 10.2. The molecule has 1 aliphatic heterocycles. The zero-order valence-corrected chi connectivity index (χ0v) is 18.2. The average Bonchev–Trinajstić information content (AvgIpc) is 2.98. The van der Waals surface area contributed by atoms with Crippen LogP contribution in [0.25, 0.3) is 0 Å². The molecule has 0 saturated carbocycles. The number of guanidine groups is 1. The lowest BCUT2D eigenvalue weighted by Gasteiger charge is -2.21. The summed E-state index contributed by atoms with van der Waals surface area (Å²) in [5.74, 6) is 1.41. The molecule has 0 spiro atoms. The summed E-state index contributed by atoms with van der Waals surface area (Å²) in [6, 6.07) is 7.75. The number of nitrogens with one attached hydrogen (secondary N) is 2. The van der Waals surface area contributed by atoms with Gasteiger partial charge in [-0.05, 0) is 31.9 Å². The Kier molecular flexibility index (Phi) is 9.65. The molecule has 2 unspecified atom stereocenters. The van der Waals surface area contributed by atoms with Crippen molar-refractivity contribution < 1.29 is 17.9 Å². The molecule has 1 heterocycles. The molecule has 0 aliphatic carbocycles. The molecule has 1 saturated heterocycles. The minimum Gasteiger partial charge on any atom is -0.489 e. The van der Waals surface area contributed by atoms with Gasteiger partial charge in [-0.15, -0.1) is 24.0 Å². The molecule has 1 aliphatic rings. The number of aliphatic imine (C=N–C) groups is 1. The molecular formula is C18H28F3IN4O. The first-order valence-corrected chi connectivity index (χ1v) is 8.75. The molecule has 9 heteroatoms. The van der Waals surface area contributed by atoms with E-state index in [-0.39, 0.29) is 36.1 Å². The van der Waals surface area contributed by atoms with E-state index in [0.29, 0.717) is 32.0 Å². The van der Waals surface area contributed by atoms with Gasteiger partial charge in [0, 0.05) is 26.2 Å². The van der Waals surface area contributed by atoms with Gasteiger partial charge in [0.05, 0.1) is 13.1 Å². The van der Waals surface area contributed by atoms with Crippen molar-refractivity contribution in [3.63, 3.8) is 0 Å². The van der Waals surface area contributed by atoms with Crippen LogP contribution in [0, 0.1) is 6.92 Å². The zero-order valence-electron chi connectivity index (χ0n) is 15.8. The largest absolute Gasteiger partial charge is 0.489 e. The van der Waals surface area contributed by atoms with Crippen molar-refractivity contribution >= 4 is 29.9 Å². The summed E-state index contributed by atoms with van der Waals surface area (Å²) < 4.78 is 43.3. The summed E-state index contributed by atoms with van der Waals surface area (Å²) >= 11 is 0. The predicted octanol–water partition coefficient (Wildman–Crippen LogP) is 3.18. The number of likely N-dealkylation sites (tertiary alicyclic amines) is 1. The fourth-order valence-corrected chi connectivity index (χ4v) is 2.92. The highest BCUT2D eigenvalue weighted by molar-refractivity contribution is 14.0. The van der Waals surface area contributed by atoms with Crippen molar-refractivity contribution in [2.24, 2.45) is 4.99 Å². The number of benzene rings is 1. The van der Waals surface area contributed by atoms with E-state index >= 15 is 0 Å². The third kappa shape index (κ3) is 8.54. The molecule has 27 heavy (non-hydrogen) atoms. The Hall–Kier alpha value is -1.23. The van der Waals surface area contributed by atoms with Crippen molar-refractivity contribution in [3.8, 4) is 5.75 Å². The van der Waals surface area contributed by atoms with Crippen molar-refractivity contribution in [2.45, 2.75) is 38.6 Å². The maximum Gasteiger partial charge on any atom is 0.401 e. The fourth-order valence-electron chi connectivity index (χ4n) is 2.92. The Morgan fingerprint density at radius 2 is 2.07 bits per heavy atom. The van der Waals surface area contributed by atoms with Crippen LogP contribution in [-0.2, 0) is 0 Å². The second-order valence-electron chi connectivity index (χ2n) is 6.63. The third-order valence-corrected chi connectivity index (χ3v) is 4.22. The van der Waals surface area contributed by atoms with Gasteiger partial charge in [-0.1, -0.05) is 18.2 Å². The van der Waals surface area contributed by atoms with E-state index < -0.39 is 12.7 Å². The predicted molar refractivity (Wildman–Crippen MR) is 112 cm³/mol. The van der Waals surface area contributed by atoms with Crippen LogP contribution in [0.4, 0.5) is 13.2 Å². The van der Waals surface area contributed by atoms with Crippen LogP contribution in [-0.4, -0.2) is 62.4 Å². The summed E-state index contributed by atoms with van der Waals surface area (Å²) in [4.78, 5) is 5.56. The monoisotopic (exact) mass is 500 g/mol. The van der Waals surface area contributed by atoms with Crippen molar-refractivity contribution in [1.82, 2.24) is 15.5 Å². The van der Waals surface area contributed by atoms with Crippen LogP contribution in [0.3, 0.4) is 0 Å². The molecule has 1 aromatic carbocycles. The van der Waals surface area contributed by atoms with E-state index in [1.165, 1.54) is 4.90 Å². The molecular weight excluding hydrogens is 472 g/mol. The number of hydrogen-bond acceptors (Lipinski definition) is 3. The SMILES string of the molecule is CN=C(NCC(C)Oc1ccccc1C)NC1CCN(CC(F)(F)F)C1.I. The van der Waals surface area contributed by atoms with Gasteiger partial charge in [-0.3, -0.25) is 9.89 Å². The molecule has 0 bridgehead atoms. The Morgan fingerprint density at radius 3 is 2.70 bits per heavy atom. The Morgan fingerprint density at radius 1 is 1.37 bits per heavy atom. The van der Waals surface area contributed by atoms with Crippen LogP contribution < -0.4 is 15.4 Å². The van der Waals surface area contributed by atoms with Gasteiger partial charge in [-0.25, -0.2) is 0 Å². The van der Waals surface area contributed by atoms with E-state index in [4.69, 9.17) is 4.74 Å². The highest BCUT2D eigenvalue weighted by Gasteiger charge is 2.34. The van der Waals surface area contributed by atoms with Gasteiger partial charge in [0.25, 0.3) is 0 Å². The average molecular weight is 500 g/mol. The van der Waals surface area contributed by atoms with Gasteiger partial charge < -0.3 is 15.4 Å². The number of alkyl halides is 3. The number of aryl methyl sites for hydroxylation is 1. The number of ether oxygens (including phenoxy) is 1. The zero-order chi connectivity index (χ0) is 19.2. The van der Waals surface area contributed by atoms with Crippen molar-refractivity contribution in [1.29, 1.82) is 0 Å². The quantitative estimate of drug-likeness (QED) is 0.358. The van der Waals surface area contributed by atoms with Gasteiger partial charge >= 0.3 is 6.18 Å². The van der Waals surface area contributed by atoms with E-state index in [2.05, 4.69) is 15.6 Å². The molecule has 2 rings (SSSR count). The van der Waals surface area contributed by atoms with Crippen molar-refractivity contribution in [2.75, 3.05) is 33.2 Å². The van der Waals surface area contributed by atoms with Crippen LogP contribution in [0.5, 0.6) is 5.75 Å². The topological polar surface area (TPSA) is 48.9 Å². The molecule has 2 atom stereocenters. The summed E-state index contributed by atoms with van der Waals surface area (Å²) in [5.41, 5.74) is 1.07. The first-order valence-electron chi connectivity index (χ1n) is 8.75. The molecule has 154 valence electrons. The summed E-state index contributed by atoms with van der Waals surface area (Å²) in [7, 11) is 1.64. The second kappa shape index (κ2) is 10.9. The first kappa shape index (κ1) is 23.8. The minimum absolute atomic E-state index is 0. The number of halogens is 4. The van der Waals surface area contributed by atoms with Gasteiger partial charge in [0.15, 0.2) is 5.96 Å². The lowest BCUT2D eigenvalue weighted by Crippen LogP contribution is -2.47. The van der Waals surface area contributed by atoms with E-state index in [0.717, 1.165) is 11.3 Å². The van der Waals surface area contributed by atoms with E-state index in [1.54, 1.807) is 7.05 Å². The molecule has 2 N–H and O–H groups in total. The minimum atomic E-state index is -4.16. The Bertz CT molecular complexity index is 613. The lowest BCUT2D eigenvalue weighted by molar-refractivity contribution is -0.143.